The molecule has 1 N–H and O–H groups in total. The van der Waals surface area contributed by atoms with Crippen molar-refractivity contribution in [3.05, 3.63) is 33.8 Å². The summed E-state index contributed by atoms with van der Waals surface area (Å²) in [5, 5.41) is 9.72. The van der Waals surface area contributed by atoms with E-state index >= 15 is 0 Å². The van der Waals surface area contributed by atoms with Gasteiger partial charge in [-0.05, 0) is 44.0 Å². The first kappa shape index (κ1) is 9.75. The van der Waals surface area contributed by atoms with Crippen LogP contribution in [0.4, 0.5) is 0 Å². The Morgan fingerprint density at radius 2 is 1.83 bits per heavy atom. The molecule has 0 spiro atoms. The summed E-state index contributed by atoms with van der Waals surface area (Å²) in [7, 11) is 0. The summed E-state index contributed by atoms with van der Waals surface area (Å²) >= 11 is 3.39. The van der Waals surface area contributed by atoms with Gasteiger partial charge in [0.05, 0.1) is 5.60 Å². The van der Waals surface area contributed by atoms with Gasteiger partial charge in [-0.1, -0.05) is 22.0 Å². The molecule has 0 aromatic heterocycles. The predicted molar refractivity (Wildman–Crippen MR) is 54.1 cm³/mol. The van der Waals surface area contributed by atoms with Gasteiger partial charge in [-0.15, -0.1) is 0 Å². The quantitative estimate of drug-likeness (QED) is 0.784. The SMILES string of the molecule is Cc1cc(Br)cc(C(C)(C)O)c1. The van der Waals surface area contributed by atoms with E-state index < -0.39 is 5.60 Å². The molecule has 1 aromatic carbocycles. The summed E-state index contributed by atoms with van der Waals surface area (Å²) in [5.74, 6) is 0. The van der Waals surface area contributed by atoms with Gasteiger partial charge in [-0.25, -0.2) is 0 Å². The van der Waals surface area contributed by atoms with Gasteiger partial charge in [0, 0.05) is 4.47 Å². The highest BCUT2D eigenvalue weighted by Crippen LogP contribution is 2.24. The number of rotatable bonds is 1. The molecule has 0 saturated carbocycles. The lowest BCUT2D eigenvalue weighted by Crippen LogP contribution is -2.15. The molecule has 1 rings (SSSR count). The van der Waals surface area contributed by atoms with Crippen LogP contribution in [0.1, 0.15) is 25.0 Å². The van der Waals surface area contributed by atoms with Crippen molar-refractivity contribution in [2.45, 2.75) is 26.4 Å². The minimum atomic E-state index is -0.755. The van der Waals surface area contributed by atoms with Gasteiger partial charge in [-0.3, -0.25) is 0 Å². The van der Waals surface area contributed by atoms with Crippen molar-refractivity contribution in [3.63, 3.8) is 0 Å². The Balaban J connectivity index is 3.18. The van der Waals surface area contributed by atoms with Gasteiger partial charge >= 0.3 is 0 Å². The molecule has 0 radical (unpaired) electrons. The fourth-order valence-electron chi connectivity index (χ4n) is 1.09. The zero-order valence-corrected chi connectivity index (χ0v) is 9.14. The average Bonchev–Trinajstić information content (AvgIpc) is 1.82. The van der Waals surface area contributed by atoms with E-state index in [0.717, 1.165) is 15.6 Å². The Morgan fingerprint density at radius 3 is 2.25 bits per heavy atom. The zero-order chi connectivity index (χ0) is 9.35. The van der Waals surface area contributed by atoms with Crippen LogP contribution in [-0.4, -0.2) is 5.11 Å². The third kappa shape index (κ3) is 2.32. The third-order valence-electron chi connectivity index (χ3n) is 1.75. The van der Waals surface area contributed by atoms with E-state index in [2.05, 4.69) is 15.9 Å². The molecule has 12 heavy (non-hydrogen) atoms. The summed E-state index contributed by atoms with van der Waals surface area (Å²) in [6, 6.07) is 5.95. The maximum absolute atomic E-state index is 9.72. The topological polar surface area (TPSA) is 20.2 Å². The number of hydrogen-bond acceptors (Lipinski definition) is 1. The van der Waals surface area contributed by atoms with Gasteiger partial charge in [0.2, 0.25) is 0 Å². The summed E-state index contributed by atoms with van der Waals surface area (Å²) in [6.07, 6.45) is 0. The van der Waals surface area contributed by atoms with Crippen LogP contribution in [0, 0.1) is 6.92 Å². The average molecular weight is 229 g/mol. The Kier molecular flexibility index (Phi) is 2.59. The normalized spacial score (nSPS) is 11.8. The second-order valence-electron chi connectivity index (χ2n) is 3.58. The summed E-state index contributed by atoms with van der Waals surface area (Å²) in [4.78, 5) is 0. The lowest BCUT2D eigenvalue weighted by Gasteiger charge is -2.18. The summed E-state index contributed by atoms with van der Waals surface area (Å²) < 4.78 is 1.01. The first-order chi connectivity index (χ1) is 5.39. The molecule has 0 fully saturated rings. The number of halogens is 1. The van der Waals surface area contributed by atoms with Crippen molar-refractivity contribution in [1.29, 1.82) is 0 Å². The molecule has 0 saturated heterocycles. The van der Waals surface area contributed by atoms with Crippen LogP contribution in [0.3, 0.4) is 0 Å². The highest BCUT2D eigenvalue weighted by Gasteiger charge is 2.15. The fraction of sp³-hybridized carbons (Fsp3) is 0.400. The zero-order valence-electron chi connectivity index (χ0n) is 7.56. The van der Waals surface area contributed by atoms with Crippen molar-refractivity contribution < 1.29 is 5.11 Å². The lowest BCUT2D eigenvalue weighted by atomic mass is 9.97. The predicted octanol–water partition coefficient (Wildman–Crippen LogP) is 2.98. The van der Waals surface area contributed by atoms with Gasteiger partial charge in [0.15, 0.2) is 0 Å². The van der Waals surface area contributed by atoms with Crippen molar-refractivity contribution in [3.8, 4) is 0 Å². The number of benzene rings is 1. The molecule has 0 aliphatic carbocycles. The maximum atomic E-state index is 9.72. The van der Waals surface area contributed by atoms with Crippen LogP contribution in [0.2, 0.25) is 0 Å². The molecule has 0 bridgehead atoms. The highest BCUT2D eigenvalue weighted by atomic mass is 79.9. The van der Waals surface area contributed by atoms with Crippen molar-refractivity contribution in [1.82, 2.24) is 0 Å². The molecule has 0 aliphatic heterocycles. The second-order valence-corrected chi connectivity index (χ2v) is 4.49. The molecule has 1 nitrogen and oxygen atoms in total. The smallest absolute Gasteiger partial charge is 0.0841 e. The van der Waals surface area contributed by atoms with Crippen LogP contribution in [0.5, 0.6) is 0 Å². The first-order valence-electron chi connectivity index (χ1n) is 3.89. The lowest BCUT2D eigenvalue weighted by molar-refractivity contribution is 0.0785. The molecular weight excluding hydrogens is 216 g/mol. The van der Waals surface area contributed by atoms with Crippen molar-refractivity contribution >= 4 is 15.9 Å². The van der Waals surface area contributed by atoms with Gasteiger partial charge < -0.3 is 5.11 Å². The van der Waals surface area contributed by atoms with Crippen LogP contribution < -0.4 is 0 Å². The third-order valence-corrected chi connectivity index (χ3v) is 2.21. The second kappa shape index (κ2) is 3.19. The van der Waals surface area contributed by atoms with E-state index in [1.807, 2.05) is 25.1 Å². The van der Waals surface area contributed by atoms with Crippen LogP contribution >= 0.6 is 15.9 Å². The Morgan fingerprint density at radius 1 is 1.25 bits per heavy atom. The summed E-state index contributed by atoms with van der Waals surface area (Å²) in [5.41, 5.74) is 1.34. The number of hydrogen-bond donors (Lipinski definition) is 1. The van der Waals surface area contributed by atoms with Gasteiger partial charge in [0.25, 0.3) is 0 Å². The molecule has 0 heterocycles. The van der Waals surface area contributed by atoms with E-state index in [9.17, 15) is 5.11 Å². The van der Waals surface area contributed by atoms with E-state index in [1.165, 1.54) is 0 Å². The van der Waals surface area contributed by atoms with E-state index in [-0.39, 0.29) is 0 Å². The molecular formula is C10H13BrO. The minimum absolute atomic E-state index is 0.755. The standard InChI is InChI=1S/C10H13BrO/c1-7-4-8(10(2,3)12)6-9(11)5-7/h4-6,12H,1-3H3. The van der Waals surface area contributed by atoms with E-state index in [4.69, 9.17) is 0 Å². The van der Waals surface area contributed by atoms with Crippen molar-refractivity contribution in [2.24, 2.45) is 0 Å². The largest absolute Gasteiger partial charge is 0.386 e. The monoisotopic (exact) mass is 228 g/mol. The molecule has 0 atom stereocenters. The fourth-order valence-corrected chi connectivity index (χ4v) is 1.70. The van der Waals surface area contributed by atoms with Gasteiger partial charge in [-0.2, -0.15) is 0 Å². The molecule has 0 amide bonds. The molecule has 0 aliphatic rings. The van der Waals surface area contributed by atoms with Crippen LogP contribution in [-0.2, 0) is 5.60 Å². The van der Waals surface area contributed by atoms with E-state index in [0.29, 0.717) is 0 Å². The Labute approximate surface area is 81.6 Å². The molecule has 66 valence electrons. The number of aliphatic hydroxyl groups is 1. The molecule has 2 heteroatoms. The molecule has 1 aromatic rings. The maximum Gasteiger partial charge on any atom is 0.0841 e. The molecule has 0 unspecified atom stereocenters. The Bertz CT molecular complexity index is 266. The first-order valence-corrected chi connectivity index (χ1v) is 4.69. The highest BCUT2D eigenvalue weighted by molar-refractivity contribution is 9.10. The van der Waals surface area contributed by atoms with E-state index in [1.54, 1.807) is 13.8 Å². The van der Waals surface area contributed by atoms with Crippen LogP contribution in [0.25, 0.3) is 0 Å². The minimum Gasteiger partial charge on any atom is -0.386 e. The van der Waals surface area contributed by atoms with Crippen LogP contribution in [0.15, 0.2) is 22.7 Å². The number of aryl methyl sites for hydroxylation is 1. The summed E-state index contributed by atoms with van der Waals surface area (Å²) in [6.45, 7) is 5.59. The Hall–Kier alpha value is -0.340. The van der Waals surface area contributed by atoms with Gasteiger partial charge in [0.1, 0.15) is 0 Å². The van der Waals surface area contributed by atoms with Crippen molar-refractivity contribution in [2.75, 3.05) is 0 Å².